The molecule has 49 heavy (non-hydrogen) atoms. The van der Waals surface area contributed by atoms with Crippen LogP contribution in [-0.4, -0.2) is 73.4 Å². The number of hydrogen-bond donors (Lipinski definition) is 1. The molecule has 6 nitrogen and oxygen atoms in total. The number of likely N-dealkylation sites (tertiary alicyclic amines) is 1. The molecule has 0 aliphatic carbocycles. The smallest absolute Gasteiger partial charge is 0.0992 e. The fourth-order valence-corrected chi connectivity index (χ4v) is 9.09. The fraction of sp³-hybridized carbons (Fsp3) is 0.375. The lowest BCUT2D eigenvalue weighted by atomic mass is 10.1. The molecule has 3 aliphatic rings. The largest absolute Gasteiger partial charge is 0.393 e. The number of halogens is 1. The van der Waals surface area contributed by atoms with Gasteiger partial charge in [0, 0.05) is 50.8 Å². The summed E-state index contributed by atoms with van der Waals surface area (Å²) in [5.74, 6) is 0. The van der Waals surface area contributed by atoms with E-state index in [2.05, 4.69) is 106 Å². The zero-order valence-corrected chi connectivity index (χ0v) is 30.9. The lowest BCUT2D eigenvalue weighted by molar-refractivity contribution is 0.0824. The minimum Gasteiger partial charge on any atom is -0.393 e. The van der Waals surface area contributed by atoms with E-state index in [-0.39, 0.29) is 6.10 Å². The van der Waals surface area contributed by atoms with Crippen molar-refractivity contribution in [3.8, 4) is 6.07 Å². The maximum Gasteiger partial charge on any atom is 0.0992 e. The van der Waals surface area contributed by atoms with E-state index >= 15 is 0 Å². The number of aliphatic hydroxyl groups excluding tert-OH is 1. The summed E-state index contributed by atoms with van der Waals surface area (Å²) in [4.78, 5) is 14.8. The second-order valence-electron chi connectivity index (χ2n) is 12.7. The zero-order valence-electron chi connectivity index (χ0n) is 28.5. The molecular formula is C40H46ClN5OS2. The molecule has 1 fully saturated rings. The first-order valence-corrected chi connectivity index (χ1v) is 19.5. The van der Waals surface area contributed by atoms with Gasteiger partial charge in [-0.2, -0.15) is 5.26 Å². The second kappa shape index (κ2) is 17.2. The first-order chi connectivity index (χ1) is 24.0. The zero-order chi connectivity index (χ0) is 34.2. The highest BCUT2D eigenvalue weighted by Gasteiger charge is 2.25. The summed E-state index contributed by atoms with van der Waals surface area (Å²) in [6.07, 6.45) is 3.86. The van der Waals surface area contributed by atoms with E-state index in [4.69, 9.17) is 11.6 Å². The molecule has 7 rings (SSSR count). The fourth-order valence-electron chi connectivity index (χ4n) is 6.77. The van der Waals surface area contributed by atoms with Crippen LogP contribution in [0, 0.1) is 11.3 Å². The van der Waals surface area contributed by atoms with Gasteiger partial charge in [-0.05, 0) is 113 Å². The van der Waals surface area contributed by atoms with Crippen LogP contribution in [0.2, 0.25) is 5.02 Å². The van der Waals surface area contributed by atoms with Gasteiger partial charge in [0.1, 0.15) is 0 Å². The van der Waals surface area contributed by atoms with Gasteiger partial charge in [0.05, 0.1) is 40.5 Å². The first kappa shape index (κ1) is 35.7. The maximum absolute atomic E-state index is 9.66. The maximum atomic E-state index is 9.66. The number of hydrogen-bond acceptors (Lipinski definition) is 8. The average Bonchev–Trinajstić information content (AvgIpc) is 3.13. The van der Waals surface area contributed by atoms with Crippen LogP contribution in [0.4, 0.5) is 22.7 Å². The van der Waals surface area contributed by atoms with Gasteiger partial charge in [-0.15, -0.1) is 0 Å². The first-order valence-electron chi connectivity index (χ1n) is 17.5. The standard InChI is InChI=1S/C21H23N3OS.C19H23ClN2S/c22-15-16-6-7-21-19(14-16)24(18-4-1-2-5-20(18)26-21)11-3-10-23-12-8-17(25)9-13-23;1-3-21(4-2)12-7-13-22-16-8-5-6-9-18(16)23-19-11-10-15(20)14-17(19)22/h1-2,4-7,14,17,25H,3,8-13H2;5-6,8-11,14H,3-4,7,12-13H2,1-2H3. The van der Waals surface area contributed by atoms with Crippen molar-refractivity contribution in [2.24, 2.45) is 0 Å². The molecular weight excluding hydrogens is 666 g/mol. The molecule has 1 saturated heterocycles. The van der Waals surface area contributed by atoms with Crippen LogP contribution in [0.25, 0.3) is 0 Å². The van der Waals surface area contributed by atoms with E-state index in [0.717, 1.165) is 88.8 Å². The summed E-state index contributed by atoms with van der Waals surface area (Å²) in [6.45, 7) is 12.8. The molecule has 0 radical (unpaired) electrons. The van der Waals surface area contributed by atoms with Gasteiger partial charge >= 0.3 is 0 Å². The Morgan fingerprint density at radius 3 is 1.90 bits per heavy atom. The van der Waals surface area contributed by atoms with E-state index in [0.29, 0.717) is 5.56 Å². The molecule has 0 bridgehead atoms. The molecule has 0 spiro atoms. The van der Waals surface area contributed by atoms with Crippen molar-refractivity contribution in [1.29, 1.82) is 5.26 Å². The van der Waals surface area contributed by atoms with Crippen LogP contribution in [0.3, 0.4) is 0 Å². The number of piperidine rings is 1. The number of nitrogens with zero attached hydrogens (tertiary/aromatic N) is 5. The Morgan fingerprint density at radius 2 is 1.29 bits per heavy atom. The third kappa shape index (κ3) is 8.78. The summed E-state index contributed by atoms with van der Waals surface area (Å²) in [6, 6.07) is 31.6. The number of rotatable bonds is 10. The molecule has 9 heteroatoms. The molecule has 1 N–H and O–H groups in total. The van der Waals surface area contributed by atoms with E-state index in [1.54, 1.807) is 11.8 Å². The van der Waals surface area contributed by atoms with Gasteiger partial charge in [-0.3, -0.25) is 0 Å². The van der Waals surface area contributed by atoms with Crippen LogP contribution in [0.5, 0.6) is 0 Å². The van der Waals surface area contributed by atoms with Crippen LogP contribution in [0.15, 0.2) is 105 Å². The molecule has 0 atom stereocenters. The third-order valence-electron chi connectivity index (χ3n) is 9.51. The Bertz CT molecular complexity index is 1750. The normalized spacial score (nSPS) is 15.4. The van der Waals surface area contributed by atoms with E-state index in [1.807, 2.05) is 30.0 Å². The summed E-state index contributed by atoms with van der Waals surface area (Å²) in [5, 5.41) is 19.7. The van der Waals surface area contributed by atoms with Crippen molar-refractivity contribution in [1.82, 2.24) is 9.80 Å². The van der Waals surface area contributed by atoms with Crippen molar-refractivity contribution in [3.05, 3.63) is 95.5 Å². The highest BCUT2D eigenvalue weighted by Crippen LogP contribution is 2.49. The van der Waals surface area contributed by atoms with Crippen molar-refractivity contribution in [3.63, 3.8) is 0 Å². The number of aliphatic hydroxyl groups is 1. The van der Waals surface area contributed by atoms with Gasteiger partial charge in [0.15, 0.2) is 0 Å². The minimum absolute atomic E-state index is 0.117. The SMILES string of the molecule is CCN(CC)CCCN1c2ccccc2Sc2ccc(Cl)cc21.N#Cc1ccc2c(c1)N(CCCN1CCC(O)CC1)c1ccccc1S2. The average molecular weight is 712 g/mol. The van der Waals surface area contributed by atoms with E-state index in [1.165, 1.54) is 36.6 Å². The highest BCUT2D eigenvalue weighted by atomic mass is 35.5. The summed E-state index contributed by atoms with van der Waals surface area (Å²) >= 11 is 9.87. The van der Waals surface area contributed by atoms with Gasteiger partial charge in [0.2, 0.25) is 0 Å². The number of benzene rings is 4. The molecule has 0 unspecified atom stereocenters. The molecule has 0 aromatic heterocycles. The van der Waals surface area contributed by atoms with Crippen LogP contribution >= 0.6 is 35.1 Å². The molecule has 4 aromatic carbocycles. The van der Waals surface area contributed by atoms with E-state index in [9.17, 15) is 10.4 Å². The summed E-state index contributed by atoms with van der Waals surface area (Å²) in [7, 11) is 0. The predicted octanol–water partition coefficient (Wildman–Crippen LogP) is 9.68. The number of nitriles is 1. The monoisotopic (exact) mass is 711 g/mol. The molecule has 256 valence electrons. The summed E-state index contributed by atoms with van der Waals surface area (Å²) < 4.78 is 0. The number of anilines is 4. The Balaban J connectivity index is 0.000000171. The second-order valence-corrected chi connectivity index (χ2v) is 15.3. The van der Waals surface area contributed by atoms with Crippen molar-refractivity contribution in [2.75, 3.05) is 62.2 Å². The number of para-hydroxylation sites is 2. The van der Waals surface area contributed by atoms with Crippen LogP contribution < -0.4 is 9.80 Å². The van der Waals surface area contributed by atoms with Gasteiger partial charge in [0.25, 0.3) is 0 Å². The number of fused-ring (bicyclic) bond motifs is 4. The van der Waals surface area contributed by atoms with Crippen molar-refractivity contribution >= 4 is 57.9 Å². The van der Waals surface area contributed by atoms with Crippen molar-refractivity contribution < 1.29 is 5.11 Å². The Kier molecular flexibility index (Phi) is 12.5. The molecule has 3 heterocycles. The van der Waals surface area contributed by atoms with Crippen molar-refractivity contribution in [2.45, 2.75) is 65.2 Å². The minimum atomic E-state index is -0.117. The Labute approximate surface area is 305 Å². The van der Waals surface area contributed by atoms with Crippen LogP contribution in [-0.2, 0) is 0 Å². The quantitative estimate of drug-likeness (QED) is 0.175. The van der Waals surface area contributed by atoms with E-state index < -0.39 is 0 Å². The summed E-state index contributed by atoms with van der Waals surface area (Å²) in [5.41, 5.74) is 5.61. The molecule has 0 saturated carbocycles. The lowest BCUT2D eigenvalue weighted by Gasteiger charge is -2.34. The molecule has 4 aromatic rings. The molecule has 3 aliphatic heterocycles. The Morgan fingerprint density at radius 1 is 0.735 bits per heavy atom. The molecule has 0 amide bonds. The topological polar surface area (TPSA) is 57.0 Å². The van der Waals surface area contributed by atoms with Gasteiger partial charge < -0.3 is 24.7 Å². The Hall–Kier alpha value is -3.16. The lowest BCUT2D eigenvalue weighted by Crippen LogP contribution is -2.37. The third-order valence-corrected chi connectivity index (χ3v) is 12.0. The highest BCUT2D eigenvalue weighted by molar-refractivity contribution is 8.00. The van der Waals surface area contributed by atoms with Crippen LogP contribution in [0.1, 0.15) is 45.1 Å². The van der Waals surface area contributed by atoms with Gasteiger partial charge in [-0.25, -0.2) is 0 Å². The van der Waals surface area contributed by atoms with Gasteiger partial charge in [-0.1, -0.05) is 73.2 Å². The predicted molar refractivity (Wildman–Crippen MR) is 206 cm³/mol.